The van der Waals surface area contributed by atoms with Crippen molar-refractivity contribution in [1.29, 1.82) is 0 Å². The van der Waals surface area contributed by atoms with E-state index in [2.05, 4.69) is 75.6 Å². The summed E-state index contributed by atoms with van der Waals surface area (Å²) in [6.07, 6.45) is 6.98. The number of carbonyl (C=O) groups is 2. The zero-order valence-corrected chi connectivity index (χ0v) is 34.3. The second-order valence-corrected chi connectivity index (χ2v) is 15.6. The summed E-state index contributed by atoms with van der Waals surface area (Å²) in [5.74, 6) is -0.338. The Labute approximate surface area is 348 Å². The van der Waals surface area contributed by atoms with Gasteiger partial charge in [0.1, 0.15) is 17.7 Å². The molecule has 1 aliphatic heterocycles. The summed E-state index contributed by atoms with van der Waals surface area (Å²) >= 11 is 6.40. The lowest BCUT2D eigenvalue weighted by Gasteiger charge is -2.27. The predicted molar refractivity (Wildman–Crippen MR) is 232 cm³/mol. The van der Waals surface area contributed by atoms with Crippen molar-refractivity contribution in [1.82, 2.24) is 19.4 Å². The molecule has 59 heavy (non-hydrogen) atoms. The van der Waals surface area contributed by atoms with E-state index in [1.165, 1.54) is 12.5 Å². The SMILES string of the molecule is Cc1cc(OCCCc2c(C(=O)O)n(CCN3CCOCC3)c3c(-c4ccccc4Cn4cc(CCNC(=O)c5ccoc5)c5ccccc54)cccc23)cc(C)c1Cl. The van der Waals surface area contributed by atoms with E-state index < -0.39 is 5.97 Å². The highest BCUT2D eigenvalue weighted by Crippen LogP contribution is 2.38. The van der Waals surface area contributed by atoms with Crippen LogP contribution >= 0.6 is 11.6 Å². The Kier molecular flexibility index (Phi) is 12.2. The average Bonchev–Trinajstić information content (AvgIpc) is 3.99. The molecule has 0 atom stereocenters. The minimum Gasteiger partial charge on any atom is -0.494 e. The van der Waals surface area contributed by atoms with E-state index in [-0.39, 0.29) is 5.91 Å². The molecule has 1 amide bonds. The van der Waals surface area contributed by atoms with Gasteiger partial charge in [-0.25, -0.2) is 4.79 Å². The molecule has 7 aromatic rings. The number of aromatic nitrogens is 2. The maximum absolute atomic E-state index is 13.4. The fraction of sp³-hybridized carbons (Fsp3) is 0.292. The van der Waals surface area contributed by atoms with Crippen molar-refractivity contribution < 1.29 is 28.6 Å². The lowest BCUT2D eigenvalue weighted by Crippen LogP contribution is -2.38. The first-order valence-corrected chi connectivity index (χ1v) is 20.7. The molecule has 0 spiro atoms. The molecule has 0 saturated carbocycles. The summed E-state index contributed by atoms with van der Waals surface area (Å²) in [5.41, 5.74) is 9.91. The van der Waals surface area contributed by atoms with Crippen molar-refractivity contribution in [2.24, 2.45) is 0 Å². The van der Waals surface area contributed by atoms with Crippen LogP contribution in [0.1, 0.15) is 55.1 Å². The molecule has 0 aliphatic carbocycles. The zero-order chi connectivity index (χ0) is 40.9. The van der Waals surface area contributed by atoms with E-state index in [4.69, 9.17) is 25.5 Å². The highest BCUT2D eigenvalue weighted by Gasteiger charge is 2.26. The van der Waals surface area contributed by atoms with Crippen LogP contribution < -0.4 is 10.1 Å². The molecule has 1 fully saturated rings. The van der Waals surface area contributed by atoms with E-state index in [9.17, 15) is 14.7 Å². The van der Waals surface area contributed by atoms with Crippen LogP contribution in [0.15, 0.2) is 108 Å². The molecule has 0 radical (unpaired) electrons. The fourth-order valence-corrected chi connectivity index (χ4v) is 8.59. The number of morpholine rings is 1. The molecule has 1 saturated heterocycles. The van der Waals surface area contributed by atoms with Crippen molar-refractivity contribution in [3.05, 3.63) is 148 Å². The Morgan fingerprint density at radius 3 is 2.39 bits per heavy atom. The Morgan fingerprint density at radius 2 is 1.61 bits per heavy atom. The number of para-hydroxylation sites is 2. The first-order chi connectivity index (χ1) is 28.8. The number of aryl methyl sites for hydroxylation is 3. The number of furan rings is 1. The Bertz CT molecular complexity index is 2580. The van der Waals surface area contributed by atoms with Gasteiger partial charge in [-0.1, -0.05) is 72.3 Å². The van der Waals surface area contributed by atoms with E-state index in [1.54, 1.807) is 6.07 Å². The van der Waals surface area contributed by atoms with Crippen LogP contribution in [0.5, 0.6) is 5.75 Å². The van der Waals surface area contributed by atoms with Gasteiger partial charge < -0.3 is 33.4 Å². The number of amides is 1. The Morgan fingerprint density at radius 1 is 0.864 bits per heavy atom. The molecule has 1 aliphatic rings. The molecule has 3 aromatic heterocycles. The van der Waals surface area contributed by atoms with Crippen molar-refractivity contribution in [3.63, 3.8) is 0 Å². The normalized spacial score (nSPS) is 13.3. The molecular formula is C48H49ClN4O6. The standard InChI is InChI=1S/C48H49ClN4O6/c1-32-27-37(28-33(2)44(32)49)59-23-8-14-42-41-13-7-12-40(45(41)53(46(42)48(55)56)20-19-51-21-25-57-26-22-51)38-10-4-3-9-34(38)29-52-30-35(39-11-5-6-15-43(39)52)16-18-50-47(54)36-17-24-58-31-36/h3-7,9-13,15,17,24,27-28,30-31H,8,14,16,18-23,25-26,29H2,1-2H3,(H,50,54)(H,55,56). The van der Waals surface area contributed by atoms with E-state index >= 15 is 0 Å². The van der Waals surface area contributed by atoms with E-state index in [0.717, 1.165) is 84.6 Å². The zero-order valence-electron chi connectivity index (χ0n) is 33.5. The summed E-state index contributed by atoms with van der Waals surface area (Å²) in [4.78, 5) is 28.3. The van der Waals surface area contributed by atoms with Crippen molar-refractivity contribution in [2.45, 2.75) is 46.2 Å². The highest BCUT2D eigenvalue weighted by molar-refractivity contribution is 6.32. The number of carboxylic acid groups (broad SMARTS) is 1. The van der Waals surface area contributed by atoms with Crippen LogP contribution in [0.3, 0.4) is 0 Å². The Balaban J connectivity index is 1.13. The largest absolute Gasteiger partial charge is 0.494 e. The molecule has 2 N–H and O–H groups in total. The van der Waals surface area contributed by atoms with Crippen LogP contribution in [0, 0.1) is 13.8 Å². The van der Waals surface area contributed by atoms with Crippen molar-refractivity contribution >= 4 is 45.3 Å². The third-order valence-electron chi connectivity index (χ3n) is 11.4. The Hall–Kier alpha value is -5.81. The van der Waals surface area contributed by atoms with Crippen LogP contribution in [0.2, 0.25) is 5.02 Å². The molecule has 4 aromatic carbocycles. The average molecular weight is 813 g/mol. The number of ether oxygens (including phenoxy) is 2. The van der Waals surface area contributed by atoms with Gasteiger partial charge in [0, 0.05) is 72.3 Å². The number of carbonyl (C=O) groups excluding carboxylic acids is 1. The van der Waals surface area contributed by atoms with Crippen LogP contribution in [-0.2, 0) is 30.7 Å². The number of hydrogen-bond acceptors (Lipinski definition) is 6. The van der Waals surface area contributed by atoms with Crippen molar-refractivity contribution in [2.75, 3.05) is 46.0 Å². The van der Waals surface area contributed by atoms with Gasteiger partial charge in [0.05, 0.1) is 37.2 Å². The third-order valence-corrected chi connectivity index (χ3v) is 12.0. The van der Waals surface area contributed by atoms with Gasteiger partial charge in [0.15, 0.2) is 0 Å². The van der Waals surface area contributed by atoms with Gasteiger partial charge >= 0.3 is 5.97 Å². The van der Waals surface area contributed by atoms with Gasteiger partial charge in [-0.05, 0) is 90.8 Å². The minimum absolute atomic E-state index is 0.161. The predicted octanol–water partition coefficient (Wildman–Crippen LogP) is 9.19. The van der Waals surface area contributed by atoms with E-state index in [0.29, 0.717) is 76.5 Å². The summed E-state index contributed by atoms with van der Waals surface area (Å²) < 4.78 is 21.2. The maximum Gasteiger partial charge on any atom is 0.352 e. The number of benzene rings is 4. The van der Waals surface area contributed by atoms with Crippen molar-refractivity contribution in [3.8, 4) is 16.9 Å². The molecule has 0 bridgehead atoms. The number of rotatable bonds is 16. The molecule has 4 heterocycles. The topological polar surface area (TPSA) is 111 Å². The summed E-state index contributed by atoms with van der Waals surface area (Å²) in [6.45, 7) is 9.67. The number of fused-ring (bicyclic) bond motifs is 2. The monoisotopic (exact) mass is 812 g/mol. The fourth-order valence-electron chi connectivity index (χ4n) is 8.48. The number of hydrogen-bond donors (Lipinski definition) is 2. The molecule has 8 rings (SSSR count). The maximum atomic E-state index is 13.4. The van der Waals surface area contributed by atoms with Crippen LogP contribution in [0.4, 0.5) is 0 Å². The van der Waals surface area contributed by atoms with Crippen LogP contribution in [0.25, 0.3) is 32.9 Å². The molecule has 11 heteroatoms. The summed E-state index contributed by atoms with van der Waals surface area (Å²) in [6, 6.07) is 28.6. The lowest BCUT2D eigenvalue weighted by atomic mass is 9.96. The van der Waals surface area contributed by atoms with Gasteiger partial charge in [-0.3, -0.25) is 9.69 Å². The first-order valence-electron chi connectivity index (χ1n) is 20.3. The smallest absolute Gasteiger partial charge is 0.352 e. The van der Waals surface area contributed by atoms with Gasteiger partial charge in [0.2, 0.25) is 0 Å². The number of nitrogens with zero attached hydrogens (tertiary/aromatic N) is 3. The molecular weight excluding hydrogens is 764 g/mol. The summed E-state index contributed by atoms with van der Waals surface area (Å²) in [7, 11) is 0. The number of nitrogens with one attached hydrogen (secondary N) is 1. The van der Waals surface area contributed by atoms with Gasteiger partial charge in [0.25, 0.3) is 5.91 Å². The number of carboxylic acids is 1. The number of halogens is 1. The van der Waals surface area contributed by atoms with Crippen LogP contribution in [-0.4, -0.2) is 77.0 Å². The quantitative estimate of drug-likeness (QED) is 0.0937. The minimum atomic E-state index is -0.936. The molecule has 0 unspecified atom stereocenters. The van der Waals surface area contributed by atoms with E-state index in [1.807, 2.05) is 42.7 Å². The second-order valence-electron chi connectivity index (χ2n) is 15.2. The van der Waals surface area contributed by atoms with Gasteiger partial charge in [-0.2, -0.15) is 0 Å². The lowest BCUT2D eigenvalue weighted by molar-refractivity contribution is 0.0362. The highest BCUT2D eigenvalue weighted by atomic mass is 35.5. The third kappa shape index (κ3) is 8.66. The summed E-state index contributed by atoms with van der Waals surface area (Å²) in [5, 5.41) is 16.8. The second kappa shape index (κ2) is 18.0. The molecule has 10 nitrogen and oxygen atoms in total. The number of aromatic carboxylic acids is 1. The van der Waals surface area contributed by atoms with Gasteiger partial charge in [-0.15, -0.1) is 0 Å². The first kappa shape index (κ1) is 40.0. The molecule has 304 valence electrons.